The lowest BCUT2D eigenvalue weighted by Crippen LogP contribution is -2.25. The second kappa shape index (κ2) is 8.73. The topological polar surface area (TPSA) is 136 Å². The number of esters is 1. The van der Waals surface area contributed by atoms with Crippen LogP contribution in [0.1, 0.15) is 46.5 Å². The second-order valence-corrected chi connectivity index (χ2v) is 5.17. The van der Waals surface area contributed by atoms with E-state index >= 15 is 0 Å². The van der Waals surface area contributed by atoms with Crippen LogP contribution < -0.4 is 0 Å². The highest BCUT2D eigenvalue weighted by atomic mass is 16.5. The second-order valence-electron chi connectivity index (χ2n) is 5.17. The van der Waals surface area contributed by atoms with Crippen molar-refractivity contribution < 1.29 is 19.4 Å². The summed E-state index contributed by atoms with van der Waals surface area (Å²) in [5.74, 6) is -1.48. The summed E-state index contributed by atoms with van der Waals surface area (Å²) in [6, 6.07) is 3.83. The van der Waals surface area contributed by atoms with E-state index in [9.17, 15) is 14.9 Å². The highest BCUT2D eigenvalue weighted by molar-refractivity contribution is 5.69. The van der Waals surface area contributed by atoms with Gasteiger partial charge in [0.05, 0.1) is 18.7 Å². The Balaban J connectivity index is 4.87. The van der Waals surface area contributed by atoms with Crippen molar-refractivity contribution in [2.75, 3.05) is 6.61 Å². The smallest absolute Gasteiger partial charge is 0.305 e. The molecule has 0 aromatic carbocycles. The Morgan fingerprint density at radius 1 is 1.09 bits per heavy atom. The largest absolute Gasteiger partial charge is 0.481 e. The average Bonchev–Trinajstić information content (AvgIpc) is 2.49. The molecule has 0 fully saturated rings. The third-order valence-electron chi connectivity index (χ3n) is 2.92. The van der Waals surface area contributed by atoms with Gasteiger partial charge in [0.15, 0.2) is 11.1 Å². The molecule has 0 aromatic heterocycles. The lowest BCUT2D eigenvalue weighted by atomic mass is 9.97. The molecule has 0 aliphatic heterocycles. The summed E-state index contributed by atoms with van der Waals surface area (Å²) >= 11 is 0. The first kappa shape index (κ1) is 19.5. The maximum atomic E-state index is 11.3. The van der Waals surface area contributed by atoms with Crippen LogP contribution in [0.25, 0.3) is 0 Å². The van der Waals surface area contributed by atoms with E-state index in [4.69, 9.17) is 15.1 Å². The van der Waals surface area contributed by atoms with Crippen molar-refractivity contribution in [1.29, 1.82) is 10.5 Å². The fourth-order valence-electron chi connectivity index (χ4n) is 1.41. The van der Waals surface area contributed by atoms with Crippen molar-refractivity contribution in [2.24, 2.45) is 10.2 Å². The highest BCUT2D eigenvalue weighted by Crippen LogP contribution is 2.23. The van der Waals surface area contributed by atoms with Gasteiger partial charge < -0.3 is 9.84 Å². The lowest BCUT2D eigenvalue weighted by Gasteiger charge is -2.18. The van der Waals surface area contributed by atoms with E-state index < -0.39 is 23.0 Å². The number of rotatable bonds is 9. The molecule has 2 unspecified atom stereocenters. The van der Waals surface area contributed by atoms with Gasteiger partial charge in [0, 0.05) is 12.8 Å². The number of azo groups is 1. The van der Waals surface area contributed by atoms with Gasteiger partial charge in [-0.15, -0.1) is 0 Å². The van der Waals surface area contributed by atoms with Crippen molar-refractivity contribution >= 4 is 11.9 Å². The normalized spacial score (nSPS) is 16.0. The summed E-state index contributed by atoms with van der Waals surface area (Å²) in [5.41, 5.74) is -2.59. The molecule has 8 nitrogen and oxygen atoms in total. The Morgan fingerprint density at radius 3 is 1.91 bits per heavy atom. The van der Waals surface area contributed by atoms with Crippen molar-refractivity contribution in [2.45, 2.75) is 57.5 Å². The van der Waals surface area contributed by atoms with Crippen LogP contribution in [0, 0.1) is 22.7 Å². The number of ether oxygens (including phenoxy) is 1. The van der Waals surface area contributed by atoms with Gasteiger partial charge in [-0.3, -0.25) is 9.59 Å². The number of carbonyl (C=O) groups excluding carboxylic acids is 1. The van der Waals surface area contributed by atoms with Gasteiger partial charge in [-0.1, -0.05) is 0 Å². The molecule has 22 heavy (non-hydrogen) atoms. The fourth-order valence-corrected chi connectivity index (χ4v) is 1.41. The van der Waals surface area contributed by atoms with E-state index in [1.807, 2.05) is 12.1 Å². The van der Waals surface area contributed by atoms with Crippen LogP contribution in [0.15, 0.2) is 10.2 Å². The molecule has 0 saturated carbocycles. The molecule has 0 saturated heterocycles. The summed E-state index contributed by atoms with van der Waals surface area (Å²) in [6.45, 7) is 4.88. The monoisotopic (exact) mass is 308 g/mol. The van der Waals surface area contributed by atoms with Crippen LogP contribution in [-0.2, 0) is 14.3 Å². The molecule has 0 aliphatic rings. The summed E-state index contributed by atoms with van der Waals surface area (Å²) in [5, 5.41) is 34.6. The highest BCUT2D eigenvalue weighted by Gasteiger charge is 2.29. The average molecular weight is 308 g/mol. The third-order valence-corrected chi connectivity index (χ3v) is 2.92. The SMILES string of the molecule is CCOC(=O)CCC(C)(C#N)N=NC(C)(C#N)CCC(=O)O. The minimum Gasteiger partial charge on any atom is -0.481 e. The first-order valence-corrected chi connectivity index (χ1v) is 6.84. The number of hydrogen-bond acceptors (Lipinski definition) is 7. The number of carboxylic acid groups (broad SMARTS) is 1. The molecule has 120 valence electrons. The predicted octanol–water partition coefficient (Wildman–Crippen LogP) is 2.21. The Morgan fingerprint density at radius 2 is 1.55 bits per heavy atom. The summed E-state index contributed by atoms with van der Waals surface area (Å²) in [6.07, 6.45) is -0.127. The van der Waals surface area contributed by atoms with Crippen molar-refractivity contribution in [1.82, 2.24) is 0 Å². The van der Waals surface area contributed by atoms with Gasteiger partial charge in [0.2, 0.25) is 0 Å². The minimum absolute atomic E-state index is 0.00924. The Kier molecular flexibility index (Phi) is 7.74. The first-order valence-electron chi connectivity index (χ1n) is 6.84. The van der Waals surface area contributed by atoms with E-state index in [0.29, 0.717) is 0 Å². The van der Waals surface area contributed by atoms with E-state index in [1.54, 1.807) is 6.92 Å². The molecule has 0 heterocycles. The maximum Gasteiger partial charge on any atom is 0.305 e. The number of aliphatic carboxylic acids is 1. The van der Waals surface area contributed by atoms with Gasteiger partial charge in [-0.2, -0.15) is 20.8 Å². The number of carbonyl (C=O) groups is 2. The number of nitriles is 2. The molecule has 0 aromatic rings. The third kappa shape index (κ3) is 7.34. The number of hydrogen-bond donors (Lipinski definition) is 1. The molecule has 1 N–H and O–H groups in total. The number of carboxylic acids is 1. The van der Waals surface area contributed by atoms with Crippen LogP contribution in [0.3, 0.4) is 0 Å². The number of nitrogens with zero attached hydrogens (tertiary/aromatic N) is 4. The van der Waals surface area contributed by atoms with Crippen LogP contribution in [0.2, 0.25) is 0 Å². The zero-order chi connectivity index (χ0) is 17.2. The minimum atomic E-state index is -1.32. The first-order chi connectivity index (χ1) is 10.2. The van der Waals surface area contributed by atoms with Crippen LogP contribution in [0.5, 0.6) is 0 Å². The Bertz CT molecular complexity index is 520. The van der Waals surface area contributed by atoms with Crippen molar-refractivity contribution in [3.63, 3.8) is 0 Å². The standard InChI is InChI=1S/C14H20N4O4/c1-4-22-12(21)6-8-14(3,10-16)18-17-13(2,9-15)7-5-11(19)20/h4-8H2,1-3H3,(H,19,20). The molecule has 8 heteroatoms. The molecular formula is C14H20N4O4. The van der Waals surface area contributed by atoms with E-state index in [2.05, 4.69) is 10.2 Å². The van der Waals surface area contributed by atoms with Crippen molar-refractivity contribution in [3.05, 3.63) is 0 Å². The molecule has 2 atom stereocenters. The van der Waals surface area contributed by atoms with Crippen LogP contribution in [0.4, 0.5) is 0 Å². The summed E-state index contributed by atoms with van der Waals surface area (Å²) in [7, 11) is 0. The fraction of sp³-hybridized carbons (Fsp3) is 0.714. The quantitative estimate of drug-likeness (QED) is 0.512. The van der Waals surface area contributed by atoms with Gasteiger partial charge in [0.1, 0.15) is 0 Å². The molecule has 0 spiro atoms. The summed E-state index contributed by atoms with van der Waals surface area (Å²) < 4.78 is 4.78. The van der Waals surface area contributed by atoms with Gasteiger partial charge in [-0.25, -0.2) is 0 Å². The van der Waals surface area contributed by atoms with Gasteiger partial charge in [0.25, 0.3) is 0 Å². The molecule has 0 rings (SSSR count). The van der Waals surface area contributed by atoms with E-state index in [0.717, 1.165) is 0 Å². The van der Waals surface area contributed by atoms with E-state index in [-0.39, 0.29) is 32.3 Å². The molecule has 0 radical (unpaired) electrons. The predicted molar refractivity (Wildman–Crippen MR) is 75.6 cm³/mol. The molecule has 0 bridgehead atoms. The van der Waals surface area contributed by atoms with Gasteiger partial charge >= 0.3 is 11.9 Å². The van der Waals surface area contributed by atoms with Crippen LogP contribution >= 0.6 is 0 Å². The Labute approximate surface area is 129 Å². The molecule has 0 amide bonds. The molecular weight excluding hydrogens is 288 g/mol. The lowest BCUT2D eigenvalue weighted by molar-refractivity contribution is -0.143. The zero-order valence-corrected chi connectivity index (χ0v) is 13.0. The van der Waals surface area contributed by atoms with E-state index in [1.165, 1.54) is 13.8 Å². The summed E-state index contributed by atoms with van der Waals surface area (Å²) in [4.78, 5) is 21.9. The Hall–Kier alpha value is -2.48. The van der Waals surface area contributed by atoms with Crippen molar-refractivity contribution in [3.8, 4) is 12.1 Å². The maximum absolute atomic E-state index is 11.3. The van der Waals surface area contributed by atoms with Crippen LogP contribution in [-0.4, -0.2) is 34.7 Å². The van der Waals surface area contributed by atoms with Gasteiger partial charge in [-0.05, 0) is 33.6 Å². The molecule has 0 aliphatic carbocycles. The zero-order valence-electron chi connectivity index (χ0n) is 13.0.